The normalized spacial score (nSPS) is 18.3. The molecule has 0 bridgehead atoms. The fraction of sp³-hybridized carbons (Fsp3) is 0.600. The van der Waals surface area contributed by atoms with Gasteiger partial charge in [0.1, 0.15) is 0 Å². The molecule has 1 N–H and O–H groups in total. The maximum atomic E-state index is 3.36. The minimum atomic E-state index is 1.04. The van der Waals surface area contributed by atoms with E-state index in [0.717, 1.165) is 6.54 Å². The predicted molar refractivity (Wildman–Crippen MR) is 49.4 cm³/mol. The smallest absolute Gasteiger partial charge is 0.0115 e. The Hall–Kier alpha value is -0.720. The number of hydrogen-bond donors (Lipinski definition) is 1. The summed E-state index contributed by atoms with van der Waals surface area (Å²) in [5, 5.41) is 3.36. The molecule has 1 nitrogen and oxygen atoms in total. The number of allylic oxidation sites excluding steroid dienone is 4. The second-order valence-electron chi connectivity index (χ2n) is 3.16. The van der Waals surface area contributed by atoms with Gasteiger partial charge in [0, 0.05) is 12.2 Å². The van der Waals surface area contributed by atoms with Crippen molar-refractivity contribution in [3.05, 3.63) is 22.9 Å². The fourth-order valence-corrected chi connectivity index (χ4v) is 1.34. The van der Waals surface area contributed by atoms with E-state index in [4.69, 9.17) is 0 Å². The lowest BCUT2D eigenvalue weighted by atomic mass is 9.98. The summed E-state index contributed by atoms with van der Waals surface area (Å²) in [4.78, 5) is 0. The second kappa shape index (κ2) is 3.61. The van der Waals surface area contributed by atoms with Gasteiger partial charge in [0.05, 0.1) is 0 Å². The minimum Gasteiger partial charge on any atom is -0.389 e. The Kier molecular flexibility index (Phi) is 2.75. The maximum Gasteiger partial charge on any atom is 0.0115 e. The Balaban J connectivity index is 2.64. The van der Waals surface area contributed by atoms with Crippen molar-refractivity contribution in [2.45, 2.75) is 33.6 Å². The molecule has 1 aliphatic rings. The first-order chi connectivity index (χ1) is 5.24. The van der Waals surface area contributed by atoms with Gasteiger partial charge in [-0.1, -0.05) is 11.1 Å². The van der Waals surface area contributed by atoms with E-state index in [9.17, 15) is 0 Å². The highest BCUT2D eigenvalue weighted by Gasteiger charge is 2.05. The zero-order valence-corrected chi connectivity index (χ0v) is 7.70. The summed E-state index contributed by atoms with van der Waals surface area (Å²) in [5.41, 5.74) is 4.37. The summed E-state index contributed by atoms with van der Waals surface area (Å²) in [6.07, 6.45) is 4.68. The van der Waals surface area contributed by atoms with E-state index in [2.05, 4.69) is 32.2 Å². The number of nitrogens with one attached hydrogen (secondary N) is 1. The SMILES string of the molecule is CCNC1=CC(C)=C(C)CC1. The lowest BCUT2D eigenvalue weighted by Gasteiger charge is -2.16. The molecule has 0 heterocycles. The summed E-state index contributed by atoms with van der Waals surface area (Å²) >= 11 is 0. The van der Waals surface area contributed by atoms with Gasteiger partial charge in [-0.15, -0.1) is 0 Å². The monoisotopic (exact) mass is 151 g/mol. The molecule has 11 heavy (non-hydrogen) atoms. The predicted octanol–water partition coefficient (Wildman–Crippen LogP) is 2.61. The maximum absolute atomic E-state index is 3.36. The molecule has 0 unspecified atom stereocenters. The molecule has 0 fully saturated rings. The van der Waals surface area contributed by atoms with Gasteiger partial charge in [-0.05, 0) is 39.7 Å². The molecule has 1 rings (SSSR count). The van der Waals surface area contributed by atoms with Crippen LogP contribution < -0.4 is 5.32 Å². The lowest BCUT2D eigenvalue weighted by Crippen LogP contribution is -2.14. The molecule has 1 aliphatic carbocycles. The van der Waals surface area contributed by atoms with E-state index in [0.29, 0.717) is 0 Å². The van der Waals surface area contributed by atoms with Crippen molar-refractivity contribution >= 4 is 0 Å². The Labute approximate surface area is 69.2 Å². The minimum absolute atomic E-state index is 1.04. The van der Waals surface area contributed by atoms with Crippen molar-refractivity contribution in [2.75, 3.05) is 6.54 Å². The Morgan fingerprint density at radius 2 is 2.09 bits per heavy atom. The van der Waals surface area contributed by atoms with Gasteiger partial charge >= 0.3 is 0 Å². The zero-order valence-electron chi connectivity index (χ0n) is 7.70. The Morgan fingerprint density at radius 3 is 2.64 bits per heavy atom. The molecule has 0 saturated heterocycles. The summed E-state index contributed by atoms with van der Waals surface area (Å²) < 4.78 is 0. The van der Waals surface area contributed by atoms with Crippen LogP contribution in [0.25, 0.3) is 0 Å². The largest absolute Gasteiger partial charge is 0.389 e. The van der Waals surface area contributed by atoms with Crippen molar-refractivity contribution in [3.8, 4) is 0 Å². The van der Waals surface area contributed by atoms with E-state index in [-0.39, 0.29) is 0 Å². The number of hydrogen-bond acceptors (Lipinski definition) is 1. The third-order valence-corrected chi connectivity index (χ3v) is 2.24. The van der Waals surface area contributed by atoms with Crippen molar-refractivity contribution in [1.82, 2.24) is 5.32 Å². The highest BCUT2D eigenvalue weighted by atomic mass is 14.9. The van der Waals surface area contributed by atoms with E-state index in [1.54, 1.807) is 0 Å². The van der Waals surface area contributed by atoms with Crippen LogP contribution in [-0.2, 0) is 0 Å². The van der Waals surface area contributed by atoms with Crippen LogP contribution in [0.3, 0.4) is 0 Å². The molecule has 62 valence electrons. The van der Waals surface area contributed by atoms with Crippen LogP contribution in [0.2, 0.25) is 0 Å². The topological polar surface area (TPSA) is 12.0 Å². The molecule has 0 radical (unpaired) electrons. The lowest BCUT2D eigenvalue weighted by molar-refractivity contribution is 0.752. The van der Waals surface area contributed by atoms with Gasteiger partial charge in [-0.25, -0.2) is 0 Å². The van der Waals surface area contributed by atoms with E-state index < -0.39 is 0 Å². The molecule has 0 aliphatic heterocycles. The van der Waals surface area contributed by atoms with Crippen LogP contribution in [0.4, 0.5) is 0 Å². The fourth-order valence-electron chi connectivity index (χ4n) is 1.34. The van der Waals surface area contributed by atoms with Crippen molar-refractivity contribution in [3.63, 3.8) is 0 Å². The quantitative estimate of drug-likeness (QED) is 0.639. The molecule has 0 spiro atoms. The van der Waals surface area contributed by atoms with Gasteiger partial charge < -0.3 is 5.32 Å². The van der Waals surface area contributed by atoms with Crippen LogP contribution in [-0.4, -0.2) is 6.54 Å². The molecule has 0 saturated carbocycles. The Morgan fingerprint density at radius 1 is 1.36 bits per heavy atom. The van der Waals surface area contributed by atoms with E-state index in [1.807, 2.05) is 0 Å². The first kappa shape index (κ1) is 8.38. The van der Waals surface area contributed by atoms with Crippen LogP contribution in [0.1, 0.15) is 33.6 Å². The van der Waals surface area contributed by atoms with E-state index in [1.165, 1.54) is 29.7 Å². The molecule has 0 aromatic heterocycles. The Bertz CT molecular complexity index is 195. The van der Waals surface area contributed by atoms with Crippen LogP contribution in [0.15, 0.2) is 22.9 Å². The van der Waals surface area contributed by atoms with Crippen LogP contribution in [0, 0.1) is 0 Å². The number of rotatable bonds is 2. The summed E-state index contributed by atoms with van der Waals surface area (Å²) in [7, 11) is 0. The van der Waals surface area contributed by atoms with Gasteiger partial charge in [0.2, 0.25) is 0 Å². The highest BCUT2D eigenvalue weighted by molar-refractivity contribution is 5.30. The van der Waals surface area contributed by atoms with Crippen LogP contribution in [0.5, 0.6) is 0 Å². The molecule has 0 amide bonds. The summed E-state index contributed by atoms with van der Waals surface area (Å²) in [6.45, 7) is 7.58. The van der Waals surface area contributed by atoms with Gasteiger partial charge in [-0.2, -0.15) is 0 Å². The highest BCUT2D eigenvalue weighted by Crippen LogP contribution is 2.21. The van der Waals surface area contributed by atoms with E-state index >= 15 is 0 Å². The van der Waals surface area contributed by atoms with Crippen molar-refractivity contribution in [2.24, 2.45) is 0 Å². The standard InChI is InChI=1S/C10H17N/c1-4-11-10-6-5-8(2)9(3)7-10/h7,11H,4-6H2,1-3H3. The average molecular weight is 151 g/mol. The third kappa shape index (κ3) is 2.11. The van der Waals surface area contributed by atoms with Gasteiger partial charge in [-0.3, -0.25) is 0 Å². The van der Waals surface area contributed by atoms with Crippen molar-refractivity contribution < 1.29 is 0 Å². The summed E-state index contributed by atoms with van der Waals surface area (Å²) in [5.74, 6) is 0. The first-order valence-electron chi connectivity index (χ1n) is 4.35. The first-order valence-corrected chi connectivity index (χ1v) is 4.35. The molecule has 0 aromatic carbocycles. The second-order valence-corrected chi connectivity index (χ2v) is 3.16. The average Bonchev–Trinajstić information content (AvgIpc) is 1.98. The molecule has 0 aromatic rings. The molecule has 0 atom stereocenters. The third-order valence-electron chi connectivity index (χ3n) is 2.24. The van der Waals surface area contributed by atoms with Gasteiger partial charge in [0.15, 0.2) is 0 Å². The summed E-state index contributed by atoms with van der Waals surface area (Å²) in [6, 6.07) is 0. The van der Waals surface area contributed by atoms with Gasteiger partial charge in [0.25, 0.3) is 0 Å². The zero-order chi connectivity index (χ0) is 8.27. The molecular formula is C10H17N. The molecule has 1 heteroatoms. The van der Waals surface area contributed by atoms with Crippen molar-refractivity contribution in [1.29, 1.82) is 0 Å². The molecular weight excluding hydrogens is 134 g/mol. The van der Waals surface area contributed by atoms with Crippen LogP contribution >= 0.6 is 0 Å².